The van der Waals surface area contributed by atoms with Crippen LogP contribution in [0, 0.1) is 5.82 Å². The van der Waals surface area contributed by atoms with Crippen LogP contribution >= 0.6 is 11.6 Å². The maximum atomic E-state index is 15.4. The van der Waals surface area contributed by atoms with Crippen LogP contribution in [0.5, 0.6) is 6.01 Å². The molecule has 1 aliphatic carbocycles. The molecule has 0 saturated carbocycles. The summed E-state index contributed by atoms with van der Waals surface area (Å²) in [6.07, 6.45) is 1.09. The predicted molar refractivity (Wildman–Crippen MR) is 141 cm³/mol. The molecule has 2 saturated heterocycles. The lowest BCUT2D eigenvalue weighted by molar-refractivity contribution is 0.00706. The van der Waals surface area contributed by atoms with Crippen LogP contribution in [0.25, 0.3) is 22.3 Å². The first kappa shape index (κ1) is 24.5. The fourth-order valence-corrected chi connectivity index (χ4v) is 5.94. The smallest absolute Gasteiger partial charge is 0.296 e. The highest BCUT2D eigenvalue weighted by Gasteiger charge is 2.48. The molecule has 0 amide bonds. The highest BCUT2D eigenvalue weighted by molar-refractivity contribution is 6.33. The molecule has 3 aliphatic rings. The van der Waals surface area contributed by atoms with Crippen molar-refractivity contribution in [1.82, 2.24) is 19.5 Å². The average molecular weight is 554 g/mol. The number of aryl methyl sites for hydroxylation is 2. The van der Waals surface area contributed by atoms with E-state index in [4.69, 9.17) is 25.8 Å². The number of benzene rings is 1. The SMILES string of the molecule is Cn1cccc(-c2cc(F)c3c(c2)CCC3Nc2nc3nc(O[C@@H]4CO[C@H]5[C@@H]4OC[C@H]5O)[nH]c3cc2Cl)c1=O. The fourth-order valence-electron chi connectivity index (χ4n) is 5.74. The van der Waals surface area contributed by atoms with E-state index in [2.05, 4.69) is 20.3 Å². The van der Waals surface area contributed by atoms with Crippen LogP contribution in [-0.2, 0) is 22.9 Å². The minimum Gasteiger partial charge on any atom is -0.456 e. The Kier molecular flexibility index (Phi) is 5.85. The van der Waals surface area contributed by atoms with E-state index < -0.39 is 18.3 Å². The molecule has 4 aromatic rings. The van der Waals surface area contributed by atoms with Gasteiger partial charge in [0.2, 0.25) is 0 Å². The average Bonchev–Trinajstić information content (AvgIpc) is 3.67. The van der Waals surface area contributed by atoms with Crippen LogP contribution < -0.4 is 15.6 Å². The van der Waals surface area contributed by atoms with Gasteiger partial charge in [0, 0.05) is 24.4 Å². The predicted octanol–water partition coefficient (Wildman–Crippen LogP) is 3.12. The molecule has 2 fully saturated rings. The molecule has 12 heteroatoms. The lowest BCUT2D eigenvalue weighted by Crippen LogP contribution is -2.34. The molecule has 0 spiro atoms. The van der Waals surface area contributed by atoms with Crippen LogP contribution in [-0.4, -0.2) is 62.3 Å². The van der Waals surface area contributed by atoms with Gasteiger partial charge in [-0.15, -0.1) is 0 Å². The van der Waals surface area contributed by atoms with Gasteiger partial charge in [0.1, 0.15) is 29.9 Å². The largest absolute Gasteiger partial charge is 0.456 e. The first-order chi connectivity index (χ1) is 18.9. The molecule has 7 rings (SSSR count). The second-order valence-corrected chi connectivity index (χ2v) is 10.6. The number of anilines is 1. The minimum atomic E-state index is -0.670. The number of aromatic amines is 1. The summed E-state index contributed by atoms with van der Waals surface area (Å²) in [5.74, 6) is -0.000571. The highest BCUT2D eigenvalue weighted by atomic mass is 35.5. The van der Waals surface area contributed by atoms with Gasteiger partial charge in [-0.25, -0.2) is 9.37 Å². The first-order valence-corrected chi connectivity index (χ1v) is 13.1. The van der Waals surface area contributed by atoms with Gasteiger partial charge in [0.05, 0.1) is 29.8 Å². The maximum absolute atomic E-state index is 15.4. The van der Waals surface area contributed by atoms with E-state index in [0.29, 0.717) is 51.5 Å². The van der Waals surface area contributed by atoms with E-state index >= 15 is 4.39 Å². The number of nitrogens with one attached hydrogen (secondary N) is 2. The third-order valence-electron chi connectivity index (χ3n) is 7.66. The van der Waals surface area contributed by atoms with Crippen LogP contribution in [0.2, 0.25) is 5.02 Å². The zero-order valence-electron chi connectivity index (χ0n) is 20.9. The number of rotatable bonds is 5. The number of aromatic nitrogens is 4. The van der Waals surface area contributed by atoms with Gasteiger partial charge in [-0.05, 0) is 48.2 Å². The number of ether oxygens (including phenoxy) is 3. The Labute approximate surface area is 226 Å². The molecule has 1 unspecified atom stereocenters. The molecule has 10 nitrogen and oxygen atoms in total. The van der Waals surface area contributed by atoms with E-state index in [9.17, 15) is 9.90 Å². The number of aliphatic hydroxyl groups excluding tert-OH is 1. The molecule has 202 valence electrons. The standard InChI is InChI=1S/C27H25ClFN5O5/c1-34-6-2-3-14(26(34)36)13-7-12-4-5-17(21(12)16(29)8-13)30-24-15(28)9-18-25(32-24)33-27(31-18)39-20-11-38-22-19(35)10-37-23(20)22/h2-3,6-9,17,19-20,22-23,35H,4-5,10-11H2,1H3,(H2,30,31,32,33)/t17?,19-,20-,22-,23-/m1/s1. The van der Waals surface area contributed by atoms with Gasteiger partial charge < -0.3 is 34.2 Å². The second-order valence-electron chi connectivity index (χ2n) is 10.2. The zero-order chi connectivity index (χ0) is 26.8. The van der Waals surface area contributed by atoms with Crippen molar-refractivity contribution in [3.63, 3.8) is 0 Å². The highest BCUT2D eigenvalue weighted by Crippen LogP contribution is 2.39. The first-order valence-electron chi connectivity index (χ1n) is 12.7. The fraction of sp³-hybridized carbons (Fsp3) is 0.370. The van der Waals surface area contributed by atoms with Gasteiger partial charge in [-0.3, -0.25) is 4.79 Å². The molecule has 1 aromatic carbocycles. The molecule has 5 atom stereocenters. The van der Waals surface area contributed by atoms with Crippen molar-refractivity contribution in [3.8, 4) is 17.1 Å². The summed E-state index contributed by atoms with van der Waals surface area (Å²) in [4.78, 5) is 24.6. The molecule has 2 aliphatic heterocycles. The molecule has 0 bridgehead atoms. The number of fused-ring (bicyclic) bond motifs is 3. The van der Waals surface area contributed by atoms with Crippen LogP contribution in [0.1, 0.15) is 23.6 Å². The molecule has 3 N–H and O–H groups in total. The Bertz CT molecular complexity index is 1660. The minimum absolute atomic E-state index is 0.176. The quantitative estimate of drug-likeness (QED) is 0.344. The summed E-state index contributed by atoms with van der Waals surface area (Å²) in [6.45, 7) is 0.482. The summed E-state index contributed by atoms with van der Waals surface area (Å²) >= 11 is 6.54. The molecule has 0 radical (unpaired) electrons. The van der Waals surface area contributed by atoms with Crippen molar-refractivity contribution in [3.05, 3.63) is 68.8 Å². The Morgan fingerprint density at radius 2 is 2.08 bits per heavy atom. The Balaban J connectivity index is 1.13. The Morgan fingerprint density at radius 1 is 1.23 bits per heavy atom. The van der Waals surface area contributed by atoms with Crippen molar-refractivity contribution in [2.45, 2.75) is 43.3 Å². The summed E-state index contributed by atoms with van der Waals surface area (Å²) < 4.78 is 34.1. The number of pyridine rings is 2. The van der Waals surface area contributed by atoms with Gasteiger partial charge in [-0.2, -0.15) is 4.98 Å². The number of hydrogen-bond acceptors (Lipinski definition) is 8. The van der Waals surface area contributed by atoms with Crippen LogP contribution in [0.4, 0.5) is 10.2 Å². The number of H-pyrrole nitrogens is 1. The van der Waals surface area contributed by atoms with Crippen molar-refractivity contribution < 1.29 is 23.7 Å². The summed E-state index contributed by atoms with van der Waals surface area (Å²) in [5.41, 5.74) is 3.20. The Morgan fingerprint density at radius 3 is 2.95 bits per heavy atom. The number of imidazole rings is 1. The van der Waals surface area contributed by atoms with Gasteiger partial charge >= 0.3 is 0 Å². The second kappa shape index (κ2) is 9.30. The van der Waals surface area contributed by atoms with E-state index in [1.165, 1.54) is 10.6 Å². The number of nitrogens with zero attached hydrogens (tertiary/aromatic N) is 3. The van der Waals surface area contributed by atoms with E-state index in [1.54, 1.807) is 31.4 Å². The third-order valence-corrected chi connectivity index (χ3v) is 7.95. The molecule has 5 heterocycles. The number of aliphatic hydroxyl groups is 1. The summed E-state index contributed by atoms with van der Waals surface area (Å²) in [5, 5.41) is 13.6. The van der Waals surface area contributed by atoms with Crippen LogP contribution in [0.3, 0.4) is 0 Å². The summed E-state index contributed by atoms with van der Waals surface area (Å²) in [6, 6.07) is 8.36. The normalized spacial score (nSPS) is 25.7. The van der Waals surface area contributed by atoms with E-state index in [1.807, 2.05) is 6.07 Å². The Hall–Kier alpha value is -3.51. The number of hydrogen-bond donors (Lipinski definition) is 3. The zero-order valence-corrected chi connectivity index (χ0v) is 21.6. The van der Waals surface area contributed by atoms with Crippen molar-refractivity contribution in [1.29, 1.82) is 0 Å². The monoisotopic (exact) mass is 553 g/mol. The van der Waals surface area contributed by atoms with Crippen molar-refractivity contribution >= 4 is 28.6 Å². The maximum Gasteiger partial charge on any atom is 0.296 e. The molecule has 39 heavy (non-hydrogen) atoms. The van der Waals surface area contributed by atoms with Gasteiger partial charge in [-0.1, -0.05) is 17.7 Å². The summed E-state index contributed by atoms with van der Waals surface area (Å²) in [7, 11) is 1.67. The van der Waals surface area contributed by atoms with Gasteiger partial charge in [0.25, 0.3) is 11.6 Å². The van der Waals surface area contributed by atoms with Crippen LogP contribution in [0.15, 0.2) is 41.3 Å². The number of halogens is 2. The topological polar surface area (TPSA) is 124 Å². The van der Waals surface area contributed by atoms with E-state index in [-0.39, 0.29) is 42.7 Å². The molecule has 3 aromatic heterocycles. The van der Waals surface area contributed by atoms with Crippen molar-refractivity contribution in [2.24, 2.45) is 7.05 Å². The molecular formula is C27H25ClFN5O5. The van der Waals surface area contributed by atoms with E-state index in [0.717, 1.165) is 5.56 Å². The molecular weight excluding hydrogens is 529 g/mol. The lowest BCUT2D eigenvalue weighted by Gasteiger charge is -2.17. The third kappa shape index (κ3) is 4.17. The van der Waals surface area contributed by atoms with Crippen molar-refractivity contribution in [2.75, 3.05) is 18.5 Å². The van der Waals surface area contributed by atoms with Gasteiger partial charge in [0.15, 0.2) is 11.8 Å². The lowest BCUT2D eigenvalue weighted by atomic mass is 9.99.